The first-order valence-electron chi connectivity index (χ1n) is 4.69. The molecule has 84 valence electrons. The zero-order valence-corrected chi connectivity index (χ0v) is 11.3. The lowest BCUT2D eigenvalue weighted by atomic mass is 10.3. The summed E-state index contributed by atoms with van der Waals surface area (Å²) in [6.07, 6.45) is 1.06. The lowest BCUT2D eigenvalue weighted by Gasteiger charge is -2.19. The minimum Gasteiger partial charge on any atom is -0.383 e. The maximum atomic E-state index is 11.1. The third-order valence-corrected chi connectivity index (χ3v) is 4.45. The topological polar surface area (TPSA) is 43.4 Å². The second-order valence-electron chi connectivity index (χ2n) is 4.53. The second kappa shape index (κ2) is 3.98. The molecule has 0 unspecified atom stereocenters. The molecule has 0 saturated heterocycles. The van der Waals surface area contributed by atoms with Crippen molar-refractivity contribution in [1.29, 1.82) is 0 Å². The molecule has 0 bridgehead atoms. The monoisotopic (exact) mass is 244 g/mol. The highest BCUT2D eigenvalue weighted by Crippen LogP contribution is 2.15. The summed E-state index contributed by atoms with van der Waals surface area (Å²) in [5, 5.41) is 1.02. The van der Waals surface area contributed by atoms with Crippen molar-refractivity contribution < 1.29 is 12.6 Å². The Balaban J connectivity index is 3.19. The van der Waals surface area contributed by atoms with Crippen LogP contribution in [0, 0.1) is 0 Å². The van der Waals surface area contributed by atoms with Crippen LogP contribution in [0.4, 0.5) is 0 Å². The van der Waals surface area contributed by atoms with Crippen LogP contribution in [0.3, 0.4) is 0 Å². The van der Waals surface area contributed by atoms with Gasteiger partial charge in [0.15, 0.2) is 0 Å². The quantitative estimate of drug-likeness (QED) is 0.599. The van der Waals surface area contributed by atoms with Crippen LogP contribution in [0.2, 0.25) is 19.6 Å². The van der Waals surface area contributed by atoms with Gasteiger partial charge in [0, 0.05) is 0 Å². The number of para-hydroxylation sites is 1. The first-order chi connectivity index (χ1) is 6.70. The average Bonchev–Trinajstić information content (AvgIpc) is 1.99. The van der Waals surface area contributed by atoms with Crippen molar-refractivity contribution in [3.05, 3.63) is 24.3 Å². The summed E-state index contributed by atoms with van der Waals surface area (Å²) in [5.74, 6) is 0.471. The molecule has 0 heterocycles. The SMILES string of the molecule is C[Si](C)(C)c1ccccc1OS(C)(=O)=O. The highest BCUT2D eigenvalue weighted by molar-refractivity contribution is 7.86. The zero-order chi connectivity index (χ0) is 11.7. The van der Waals surface area contributed by atoms with Crippen molar-refractivity contribution in [2.75, 3.05) is 6.26 Å². The van der Waals surface area contributed by atoms with Crippen molar-refractivity contribution >= 4 is 23.4 Å². The molecule has 0 atom stereocenters. The van der Waals surface area contributed by atoms with E-state index in [4.69, 9.17) is 4.18 Å². The van der Waals surface area contributed by atoms with Gasteiger partial charge in [-0.25, -0.2) is 0 Å². The van der Waals surface area contributed by atoms with E-state index in [1.165, 1.54) is 0 Å². The van der Waals surface area contributed by atoms with Crippen molar-refractivity contribution in [3.63, 3.8) is 0 Å². The van der Waals surface area contributed by atoms with Gasteiger partial charge in [-0.1, -0.05) is 37.8 Å². The van der Waals surface area contributed by atoms with Crippen LogP contribution in [-0.4, -0.2) is 22.7 Å². The maximum absolute atomic E-state index is 11.1. The molecular weight excluding hydrogens is 228 g/mol. The Hall–Kier alpha value is -0.813. The molecule has 0 amide bonds. The highest BCUT2D eigenvalue weighted by Gasteiger charge is 2.22. The fourth-order valence-electron chi connectivity index (χ4n) is 1.32. The first kappa shape index (κ1) is 12.3. The fraction of sp³-hybridized carbons (Fsp3) is 0.400. The van der Waals surface area contributed by atoms with Gasteiger partial charge in [-0.15, -0.1) is 0 Å². The van der Waals surface area contributed by atoms with Crippen molar-refractivity contribution in [1.82, 2.24) is 0 Å². The highest BCUT2D eigenvalue weighted by atomic mass is 32.2. The molecule has 0 N–H and O–H groups in total. The van der Waals surface area contributed by atoms with Gasteiger partial charge in [0.2, 0.25) is 0 Å². The largest absolute Gasteiger partial charge is 0.383 e. The van der Waals surface area contributed by atoms with Gasteiger partial charge >= 0.3 is 10.1 Å². The molecule has 0 spiro atoms. The molecule has 15 heavy (non-hydrogen) atoms. The minimum absolute atomic E-state index is 0.471. The summed E-state index contributed by atoms with van der Waals surface area (Å²) in [6.45, 7) is 6.45. The summed E-state index contributed by atoms with van der Waals surface area (Å²) < 4.78 is 27.1. The Kier molecular flexibility index (Phi) is 3.25. The lowest BCUT2D eigenvalue weighted by Crippen LogP contribution is -2.38. The van der Waals surface area contributed by atoms with Gasteiger partial charge in [0.05, 0.1) is 14.3 Å². The van der Waals surface area contributed by atoms with E-state index in [0.717, 1.165) is 11.4 Å². The number of hydrogen-bond acceptors (Lipinski definition) is 3. The molecule has 0 aromatic heterocycles. The molecule has 0 radical (unpaired) electrons. The Labute approximate surface area is 92.2 Å². The number of rotatable bonds is 3. The third-order valence-electron chi connectivity index (χ3n) is 1.94. The van der Waals surface area contributed by atoms with Crippen LogP contribution in [0.1, 0.15) is 0 Å². The van der Waals surface area contributed by atoms with Gasteiger partial charge in [-0.2, -0.15) is 8.42 Å². The predicted molar refractivity (Wildman–Crippen MR) is 64.9 cm³/mol. The van der Waals surface area contributed by atoms with E-state index in [9.17, 15) is 8.42 Å². The molecular formula is C10H16O3SSi. The van der Waals surface area contributed by atoms with Crippen LogP contribution in [-0.2, 0) is 10.1 Å². The Bertz CT molecular complexity index is 446. The summed E-state index contributed by atoms with van der Waals surface area (Å²) in [5.41, 5.74) is 0. The van der Waals surface area contributed by atoms with E-state index >= 15 is 0 Å². The molecule has 0 fully saturated rings. The molecule has 0 aliphatic carbocycles. The number of benzene rings is 1. The summed E-state index contributed by atoms with van der Waals surface area (Å²) in [6, 6.07) is 7.33. The predicted octanol–water partition coefficient (Wildman–Crippen LogP) is 1.57. The average molecular weight is 244 g/mol. The standard InChI is InChI=1S/C10H16O3SSi/c1-14(11,12)13-9-7-5-6-8-10(9)15(2,3)4/h5-8H,1-4H3. The van der Waals surface area contributed by atoms with Gasteiger partial charge in [0.25, 0.3) is 0 Å². The fourth-order valence-corrected chi connectivity index (χ4v) is 3.34. The van der Waals surface area contributed by atoms with E-state index in [1.807, 2.05) is 12.1 Å². The maximum Gasteiger partial charge on any atom is 0.306 e. The van der Waals surface area contributed by atoms with Gasteiger partial charge < -0.3 is 4.18 Å². The normalized spacial score (nSPS) is 12.5. The molecule has 5 heteroatoms. The van der Waals surface area contributed by atoms with Gasteiger partial charge in [-0.05, 0) is 11.3 Å². The molecule has 1 aromatic rings. The molecule has 3 nitrogen and oxygen atoms in total. The van der Waals surface area contributed by atoms with Crippen molar-refractivity contribution in [2.45, 2.75) is 19.6 Å². The Morgan fingerprint density at radius 2 is 1.67 bits per heavy atom. The van der Waals surface area contributed by atoms with Gasteiger partial charge in [-0.3, -0.25) is 0 Å². The molecule has 0 aliphatic rings. The van der Waals surface area contributed by atoms with Crippen LogP contribution < -0.4 is 9.37 Å². The lowest BCUT2D eigenvalue weighted by molar-refractivity contribution is 0.494. The van der Waals surface area contributed by atoms with Crippen molar-refractivity contribution in [3.8, 4) is 5.75 Å². The zero-order valence-electron chi connectivity index (χ0n) is 9.44. The van der Waals surface area contributed by atoms with Crippen LogP contribution in [0.5, 0.6) is 5.75 Å². The molecule has 1 rings (SSSR count). The molecule has 1 aromatic carbocycles. The first-order valence-corrected chi connectivity index (χ1v) is 10.0. The van der Waals surface area contributed by atoms with E-state index < -0.39 is 18.2 Å². The minimum atomic E-state index is -3.44. The van der Waals surface area contributed by atoms with Crippen molar-refractivity contribution in [2.24, 2.45) is 0 Å². The molecule has 0 saturated carbocycles. The summed E-state index contributed by atoms with van der Waals surface area (Å²) >= 11 is 0. The molecule has 0 aliphatic heterocycles. The second-order valence-corrected chi connectivity index (χ2v) is 11.1. The number of hydrogen-bond donors (Lipinski definition) is 0. The van der Waals surface area contributed by atoms with Crippen LogP contribution >= 0.6 is 0 Å². The Morgan fingerprint density at radius 1 is 1.13 bits per heavy atom. The summed E-state index contributed by atoms with van der Waals surface area (Å²) in [4.78, 5) is 0. The Morgan fingerprint density at radius 3 is 2.13 bits per heavy atom. The van der Waals surface area contributed by atoms with E-state index in [0.29, 0.717) is 5.75 Å². The van der Waals surface area contributed by atoms with Gasteiger partial charge in [0.1, 0.15) is 5.75 Å². The van der Waals surface area contributed by atoms with Crippen LogP contribution in [0.25, 0.3) is 0 Å². The van der Waals surface area contributed by atoms with E-state index in [2.05, 4.69) is 19.6 Å². The smallest absolute Gasteiger partial charge is 0.306 e. The van der Waals surface area contributed by atoms with Crippen LogP contribution in [0.15, 0.2) is 24.3 Å². The van der Waals surface area contributed by atoms with E-state index in [1.54, 1.807) is 12.1 Å². The summed E-state index contributed by atoms with van der Waals surface area (Å²) in [7, 11) is -5.00. The van der Waals surface area contributed by atoms with E-state index in [-0.39, 0.29) is 0 Å². The third kappa shape index (κ3) is 3.68.